The van der Waals surface area contributed by atoms with Gasteiger partial charge in [0.15, 0.2) is 0 Å². The standard InChI is InChI=1S/C22H29NO/c1-5-7-16-24-21-14-8-18(9-15-21)17-23-20-12-10-19(11-13-20)22(3,4)6-2/h8-15,17H,5-7,16H2,1-4H3. The number of ether oxygens (including phenoxy) is 1. The summed E-state index contributed by atoms with van der Waals surface area (Å²) in [6, 6.07) is 16.6. The molecule has 2 aromatic carbocycles. The maximum Gasteiger partial charge on any atom is 0.119 e. The Morgan fingerprint density at radius 2 is 1.62 bits per heavy atom. The Bertz CT molecular complexity index is 639. The molecule has 0 aliphatic heterocycles. The van der Waals surface area contributed by atoms with E-state index in [1.165, 1.54) is 5.56 Å². The minimum absolute atomic E-state index is 0.218. The predicted octanol–water partition coefficient (Wildman–Crippen LogP) is 6.30. The van der Waals surface area contributed by atoms with Crippen LogP contribution in [0.25, 0.3) is 0 Å². The highest BCUT2D eigenvalue weighted by atomic mass is 16.5. The molecule has 0 atom stereocenters. The van der Waals surface area contributed by atoms with Crippen molar-refractivity contribution >= 4 is 11.9 Å². The molecule has 2 nitrogen and oxygen atoms in total. The first kappa shape index (κ1) is 18.3. The number of nitrogens with zero attached hydrogens (tertiary/aromatic N) is 1. The minimum Gasteiger partial charge on any atom is -0.494 e. The summed E-state index contributed by atoms with van der Waals surface area (Å²) in [7, 11) is 0. The largest absolute Gasteiger partial charge is 0.494 e. The van der Waals surface area contributed by atoms with Crippen molar-refractivity contribution in [1.82, 2.24) is 0 Å². The second-order valence-electron chi connectivity index (χ2n) is 6.81. The quantitative estimate of drug-likeness (QED) is 0.412. The highest BCUT2D eigenvalue weighted by Gasteiger charge is 2.17. The summed E-state index contributed by atoms with van der Waals surface area (Å²) >= 11 is 0. The smallest absolute Gasteiger partial charge is 0.119 e. The van der Waals surface area contributed by atoms with Crippen molar-refractivity contribution < 1.29 is 4.74 Å². The molecule has 0 heterocycles. The molecule has 128 valence electrons. The Morgan fingerprint density at radius 1 is 0.958 bits per heavy atom. The van der Waals surface area contributed by atoms with Gasteiger partial charge in [-0.1, -0.05) is 46.2 Å². The normalized spacial score (nSPS) is 11.8. The molecule has 0 amide bonds. The third kappa shape index (κ3) is 5.23. The van der Waals surface area contributed by atoms with Gasteiger partial charge >= 0.3 is 0 Å². The van der Waals surface area contributed by atoms with Crippen LogP contribution in [0.3, 0.4) is 0 Å². The summed E-state index contributed by atoms with van der Waals surface area (Å²) in [4.78, 5) is 4.56. The second-order valence-corrected chi connectivity index (χ2v) is 6.81. The average Bonchev–Trinajstić information content (AvgIpc) is 2.61. The lowest BCUT2D eigenvalue weighted by Gasteiger charge is -2.23. The molecule has 0 radical (unpaired) electrons. The molecule has 0 bridgehead atoms. The van der Waals surface area contributed by atoms with Gasteiger partial charge in [-0.3, -0.25) is 4.99 Å². The summed E-state index contributed by atoms with van der Waals surface area (Å²) in [5.41, 5.74) is 3.64. The second kappa shape index (κ2) is 8.68. The third-order valence-corrected chi connectivity index (χ3v) is 4.54. The van der Waals surface area contributed by atoms with Crippen molar-refractivity contribution in [3.8, 4) is 5.75 Å². The SMILES string of the molecule is CCCCOc1ccc(C=Nc2ccc(C(C)(C)CC)cc2)cc1. The van der Waals surface area contributed by atoms with Crippen molar-refractivity contribution in [3.05, 3.63) is 59.7 Å². The Morgan fingerprint density at radius 3 is 2.21 bits per heavy atom. The van der Waals surface area contributed by atoms with Crippen LogP contribution in [0.1, 0.15) is 58.1 Å². The van der Waals surface area contributed by atoms with Crippen LogP contribution in [0.4, 0.5) is 5.69 Å². The number of unbranched alkanes of at least 4 members (excludes halogenated alkanes) is 1. The number of benzene rings is 2. The predicted molar refractivity (Wildman–Crippen MR) is 104 cm³/mol. The van der Waals surface area contributed by atoms with Gasteiger partial charge in [0.1, 0.15) is 5.75 Å². The van der Waals surface area contributed by atoms with Crippen molar-refractivity contribution in [1.29, 1.82) is 0 Å². The van der Waals surface area contributed by atoms with E-state index >= 15 is 0 Å². The number of hydrogen-bond acceptors (Lipinski definition) is 2. The molecule has 0 aliphatic carbocycles. The molecule has 0 unspecified atom stereocenters. The van der Waals surface area contributed by atoms with Crippen molar-refractivity contribution in [2.24, 2.45) is 4.99 Å². The molecule has 0 saturated carbocycles. The van der Waals surface area contributed by atoms with Gasteiger partial charge in [-0.2, -0.15) is 0 Å². The molecule has 0 spiro atoms. The lowest BCUT2D eigenvalue weighted by Crippen LogP contribution is -2.14. The zero-order valence-electron chi connectivity index (χ0n) is 15.4. The molecule has 0 fully saturated rings. The Labute approximate surface area is 146 Å². The molecule has 0 saturated heterocycles. The van der Waals surface area contributed by atoms with Crippen molar-refractivity contribution in [2.45, 2.75) is 52.4 Å². The molecule has 2 heteroatoms. The summed E-state index contributed by atoms with van der Waals surface area (Å²) in [5.74, 6) is 0.923. The van der Waals surface area contributed by atoms with E-state index in [1.807, 2.05) is 30.5 Å². The summed E-state index contributed by atoms with van der Waals surface area (Å²) < 4.78 is 5.68. The van der Waals surface area contributed by atoms with E-state index in [1.54, 1.807) is 0 Å². The van der Waals surface area contributed by atoms with E-state index in [4.69, 9.17) is 4.74 Å². The molecular formula is C22H29NO. The van der Waals surface area contributed by atoms with E-state index in [2.05, 4.69) is 57.0 Å². The van der Waals surface area contributed by atoms with Gasteiger partial charge in [-0.15, -0.1) is 0 Å². The molecule has 0 aromatic heterocycles. The lowest BCUT2D eigenvalue weighted by molar-refractivity contribution is 0.309. The highest BCUT2D eigenvalue weighted by Crippen LogP contribution is 2.28. The van der Waals surface area contributed by atoms with Crippen LogP contribution in [0, 0.1) is 0 Å². The van der Waals surface area contributed by atoms with Crippen LogP contribution in [0.2, 0.25) is 0 Å². The summed E-state index contributed by atoms with van der Waals surface area (Å²) in [5, 5.41) is 0. The van der Waals surface area contributed by atoms with Crippen molar-refractivity contribution in [2.75, 3.05) is 6.61 Å². The minimum atomic E-state index is 0.218. The summed E-state index contributed by atoms with van der Waals surface area (Å²) in [6.07, 6.45) is 5.27. The molecule has 2 aromatic rings. The van der Waals surface area contributed by atoms with Gasteiger partial charge < -0.3 is 4.74 Å². The van der Waals surface area contributed by atoms with Crippen LogP contribution in [0.15, 0.2) is 53.5 Å². The number of hydrogen-bond donors (Lipinski definition) is 0. The fourth-order valence-corrected chi connectivity index (χ4v) is 2.34. The Kier molecular flexibility index (Phi) is 6.60. The third-order valence-electron chi connectivity index (χ3n) is 4.54. The van der Waals surface area contributed by atoms with Gasteiger partial charge in [0.05, 0.1) is 12.3 Å². The van der Waals surface area contributed by atoms with E-state index in [9.17, 15) is 0 Å². The highest BCUT2D eigenvalue weighted by molar-refractivity contribution is 5.82. The van der Waals surface area contributed by atoms with Gasteiger partial charge in [0.25, 0.3) is 0 Å². The molecule has 0 N–H and O–H groups in total. The zero-order valence-corrected chi connectivity index (χ0v) is 15.4. The first-order chi connectivity index (χ1) is 11.5. The zero-order chi connectivity index (χ0) is 17.4. The molecular weight excluding hydrogens is 294 g/mol. The molecule has 24 heavy (non-hydrogen) atoms. The Hall–Kier alpha value is -2.09. The van der Waals surface area contributed by atoms with Gasteiger partial charge in [-0.05, 0) is 65.8 Å². The summed E-state index contributed by atoms with van der Waals surface area (Å²) in [6.45, 7) is 9.72. The van der Waals surface area contributed by atoms with E-state index in [-0.39, 0.29) is 5.41 Å². The van der Waals surface area contributed by atoms with Gasteiger partial charge in [0.2, 0.25) is 0 Å². The fraction of sp³-hybridized carbons (Fsp3) is 0.409. The van der Waals surface area contributed by atoms with Crippen LogP contribution in [0.5, 0.6) is 5.75 Å². The fourth-order valence-electron chi connectivity index (χ4n) is 2.34. The van der Waals surface area contributed by atoms with Crippen LogP contribution in [-0.4, -0.2) is 12.8 Å². The average molecular weight is 323 g/mol. The van der Waals surface area contributed by atoms with E-state index in [0.29, 0.717) is 0 Å². The van der Waals surface area contributed by atoms with Crippen LogP contribution in [-0.2, 0) is 5.41 Å². The van der Waals surface area contributed by atoms with E-state index < -0.39 is 0 Å². The monoisotopic (exact) mass is 323 g/mol. The van der Waals surface area contributed by atoms with Gasteiger partial charge in [-0.25, -0.2) is 0 Å². The maximum absolute atomic E-state index is 5.68. The van der Waals surface area contributed by atoms with Crippen molar-refractivity contribution in [3.63, 3.8) is 0 Å². The maximum atomic E-state index is 5.68. The molecule has 2 rings (SSSR count). The van der Waals surface area contributed by atoms with Crippen LogP contribution < -0.4 is 4.74 Å². The van der Waals surface area contributed by atoms with Gasteiger partial charge in [0, 0.05) is 6.21 Å². The lowest BCUT2D eigenvalue weighted by atomic mass is 9.82. The molecule has 0 aliphatic rings. The first-order valence-corrected chi connectivity index (χ1v) is 8.92. The number of aliphatic imine (C=N–C) groups is 1. The first-order valence-electron chi connectivity index (χ1n) is 8.92. The topological polar surface area (TPSA) is 21.6 Å². The van der Waals surface area contributed by atoms with E-state index in [0.717, 1.165) is 42.9 Å². The number of rotatable bonds is 8. The Balaban J connectivity index is 1.98. The van der Waals surface area contributed by atoms with Crippen LogP contribution >= 0.6 is 0 Å².